The smallest absolute Gasteiger partial charge is 0.319 e. The molecule has 0 heterocycles. The van der Waals surface area contributed by atoms with Crippen LogP contribution in [0.2, 0.25) is 0 Å². The highest BCUT2D eigenvalue weighted by Gasteiger charge is 2.11. The van der Waals surface area contributed by atoms with Crippen LogP contribution in [0.5, 0.6) is 0 Å². The zero-order valence-electron chi connectivity index (χ0n) is 10.3. The Labute approximate surface area is 101 Å². The van der Waals surface area contributed by atoms with E-state index in [1.165, 1.54) is 18.3 Å². The highest BCUT2D eigenvalue weighted by molar-refractivity contribution is 5.76. The molecule has 2 amide bonds. The number of carbonyl (C=O) groups is 1. The molecule has 0 unspecified atom stereocenters. The molecule has 17 heavy (non-hydrogen) atoms. The van der Waals surface area contributed by atoms with Crippen molar-refractivity contribution in [3.05, 3.63) is 41.8 Å². The van der Waals surface area contributed by atoms with Crippen LogP contribution in [0.25, 0.3) is 6.08 Å². The predicted octanol–water partition coefficient (Wildman–Crippen LogP) is 2.89. The quantitative estimate of drug-likeness (QED) is 0.814. The molecule has 0 radical (unpaired) electrons. The van der Waals surface area contributed by atoms with Crippen molar-refractivity contribution in [3.8, 4) is 0 Å². The van der Waals surface area contributed by atoms with E-state index < -0.39 is 0 Å². The van der Waals surface area contributed by atoms with Crippen LogP contribution in [-0.2, 0) is 0 Å². The first-order valence-electron chi connectivity index (χ1n) is 5.38. The maximum absolute atomic E-state index is 13.2. The average Bonchev–Trinajstić information content (AvgIpc) is 2.18. The van der Waals surface area contributed by atoms with Gasteiger partial charge in [-0.1, -0.05) is 18.2 Å². The van der Waals surface area contributed by atoms with Crippen LogP contribution in [-0.4, -0.2) is 11.6 Å². The summed E-state index contributed by atoms with van der Waals surface area (Å²) in [5.41, 5.74) is 0.138. The number of benzene rings is 1. The standard InChI is InChI=1S/C13H17FN2O/c1-13(2,3)16-12(17)15-9-8-10-6-4-5-7-11(10)14/h4-9H,1-3H3,(H2,15,16,17)/b9-8+. The maximum Gasteiger partial charge on any atom is 0.319 e. The van der Waals surface area contributed by atoms with Gasteiger partial charge in [0.15, 0.2) is 0 Å². The third-order valence-corrected chi connectivity index (χ3v) is 1.87. The minimum absolute atomic E-state index is 0.296. The van der Waals surface area contributed by atoms with Crippen LogP contribution in [0.15, 0.2) is 30.5 Å². The molecule has 1 rings (SSSR count). The van der Waals surface area contributed by atoms with Gasteiger partial charge in [-0.3, -0.25) is 0 Å². The summed E-state index contributed by atoms with van der Waals surface area (Å²) < 4.78 is 13.2. The molecule has 1 aromatic rings. The molecule has 0 saturated heterocycles. The number of amides is 2. The lowest BCUT2D eigenvalue weighted by Crippen LogP contribution is -2.44. The molecule has 2 N–H and O–H groups in total. The highest BCUT2D eigenvalue weighted by Crippen LogP contribution is 2.07. The van der Waals surface area contributed by atoms with E-state index in [1.807, 2.05) is 20.8 Å². The molecule has 0 aromatic heterocycles. The lowest BCUT2D eigenvalue weighted by atomic mass is 10.1. The second-order valence-corrected chi connectivity index (χ2v) is 4.70. The van der Waals surface area contributed by atoms with E-state index in [9.17, 15) is 9.18 Å². The van der Waals surface area contributed by atoms with Crippen LogP contribution in [0.4, 0.5) is 9.18 Å². The molecule has 0 aliphatic rings. The molecule has 0 spiro atoms. The van der Waals surface area contributed by atoms with Crippen LogP contribution in [0.3, 0.4) is 0 Å². The van der Waals surface area contributed by atoms with Gasteiger partial charge in [0.25, 0.3) is 0 Å². The van der Waals surface area contributed by atoms with Crippen molar-refractivity contribution in [1.29, 1.82) is 0 Å². The van der Waals surface area contributed by atoms with Gasteiger partial charge in [0.2, 0.25) is 0 Å². The molecule has 0 bridgehead atoms. The van der Waals surface area contributed by atoms with E-state index in [0.717, 1.165) is 0 Å². The number of rotatable bonds is 2. The van der Waals surface area contributed by atoms with Crippen LogP contribution in [0, 0.1) is 5.82 Å². The summed E-state index contributed by atoms with van der Waals surface area (Å²) in [5, 5.41) is 5.24. The SMILES string of the molecule is CC(C)(C)NC(=O)N/C=C/c1ccccc1F. The molecule has 0 saturated carbocycles. The molecule has 0 fully saturated rings. The Morgan fingerprint density at radius 1 is 1.29 bits per heavy atom. The van der Waals surface area contributed by atoms with Gasteiger partial charge in [-0.2, -0.15) is 0 Å². The zero-order chi connectivity index (χ0) is 12.9. The maximum atomic E-state index is 13.2. The number of urea groups is 1. The number of hydrogen-bond acceptors (Lipinski definition) is 1. The van der Waals surface area contributed by atoms with Gasteiger partial charge in [-0.05, 0) is 32.9 Å². The molecule has 0 atom stereocenters. The fourth-order valence-corrected chi connectivity index (χ4v) is 1.19. The topological polar surface area (TPSA) is 41.1 Å². The van der Waals surface area contributed by atoms with E-state index >= 15 is 0 Å². The number of hydrogen-bond donors (Lipinski definition) is 2. The van der Waals surface area contributed by atoms with Crippen LogP contribution < -0.4 is 10.6 Å². The summed E-state index contributed by atoms with van der Waals surface area (Å²) in [6.07, 6.45) is 2.93. The van der Waals surface area contributed by atoms with Gasteiger partial charge in [0.05, 0.1) is 0 Å². The third kappa shape index (κ3) is 5.15. The Kier molecular flexibility index (Phi) is 4.26. The lowest BCUT2D eigenvalue weighted by Gasteiger charge is -2.19. The van der Waals surface area contributed by atoms with Gasteiger partial charge < -0.3 is 10.6 Å². The Morgan fingerprint density at radius 3 is 2.53 bits per heavy atom. The highest BCUT2D eigenvalue weighted by atomic mass is 19.1. The minimum atomic E-state index is -0.318. The predicted molar refractivity (Wildman–Crippen MR) is 66.9 cm³/mol. The average molecular weight is 236 g/mol. The first kappa shape index (κ1) is 13.2. The van der Waals surface area contributed by atoms with Gasteiger partial charge >= 0.3 is 6.03 Å². The number of nitrogens with one attached hydrogen (secondary N) is 2. The first-order valence-corrected chi connectivity index (χ1v) is 5.38. The molecule has 0 aliphatic heterocycles. The second-order valence-electron chi connectivity index (χ2n) is 4.70. The molecule has 0 aliphatic carbocycles. The summed E-state index contributed by atoms with van der Waals surface area (Å²) in [4.78, 5) is 11.4. The Bertz CT molecular complexity index is 422. The Hall–Kier alpha value is -1.84. The molecular formula is C13H17FN2O. The lowest BCUT2D eigenvalue weighted by molar-refractivity contribution is 0.235. The minimum Gasteiger partial charge on any atom is -0.333 e. The zero-order valence-corrected chi connectivity index (χ0v) is 10.3. The van der Waals surface area contributed by atoms with Crippen molar-refractivity contribution in [2.45, 2.75) is 26.3 Å². The van der Waals surface area contributed by atoms with Gasteiger partial charge in [-0.15, -0.1) is 0 Å². The van der Waals surface area contributed by atoms with Gasteiger partial charge in [-0.25, -0.2) is 9.18 Å². The van der Waals surface area contributed by atoms with Crippen molar-refractivity contribution in [3.63, 3.8) is 0 Å². The monoisotopic (exact) mass is 236 g/mol. The fourth-order valence-electron chi connectivity index (χ4n) is 1.19. The van der Waals surface area contributed by atoms with Crippen molar-refractivity contribution >= 4 is 12.1 Å². The largest absolute Gasteiger partial charge is 0.333 e. The van der Waals surface area contributed by atoms with Crippen molar-refractivity contribution in [2.24, 2.45) is 0 Å². The molecule has 1 aromatic carbocycles. The summed E-state index contributed by atoms with van der Waals surface area (Å²) >= 11 is 0. The van der Waals surface area contributed by atoms with E-state index in [1.54, 1.807) is 18.2 Å². The number of carbonyl (C=O) groups excluding carboxylic acids is 1. The van der Waals surface area contributed by atoms with Gasteiger partial charge in [0.1, 0.15) is 5.82 Å². The van der Waals surface area contributed by atoms with E-state index in [0.29, 0.717) is 5.56 Å². The molecule has 3 nitrogen and oxygen atoms in total. The Morgan fingerprint density at radius 2 is 1.94 bits per heavy atom. The van der Waals surface area contributed by atoms with Crippen molar-refractivity contribution in [1.82, 2.24) is 10.6 Å². The Balaban J connectivity index is 2.51. The number of halogens is 1. The summed E-state index contributed by atoms with van der Waals surface area (Å²) in [5.74, 6) is -0.318. The molecule has 4 heteroatoms. The summed E-state index contributed by atoms with van der Waals surface area (Å²) in [6.45, 7) is 5.65. The summed E-state index contributed by atoms with van der Waals surface area (Å²) in [6, 6.07) is 6.04. The first-order chi connectivity index (χ1) is 7.88. The molecule has 92 valence electrons. The van der Waals surface area contributed by atoms with Crippen molar-refractivity contribution < 1.29 is 9.18 Å². The van der Waals surface area contributed by atoms with Crippen LogP contribution in [0.1, 0.15) is 26.3 Å². The van der Waals surface area contributed by atoms with Crippen LogP contribution >= 0.6 is 0 Å². The van der Waals surface area contributed by atoms with Gasteiger partial charge in [0, 0.05) is 17.3 Å². The molecular weight excluding hydrogens is 219 g/mol. The second kappa shape index (κ2) is 5.48. The van der Waals surface area contributed by atoms with E-state index in [-0.39, 0.29) is 17.4 Å². The normalized spacial score (nSPS) is 11.5. The van der Waals surface area contributed by atoms with E-state index in [4.69, 9.17) is 0 Å². The van der Waals surface area contributed by atoms with Crippen molar-refractivity contribution in [2.75, 3.05) is 0 Å². The third-order valence-electron chi connectivity index (χ3n) is 1.87. The van der Waals surface area contributed by atoms with E-state index in [2.05, 4.69) is 10.6 Å². The summed E-state index contributed by atoms with van der Waals surface area (Å²) in [7, 11) is 0. The fraction of sp³-hybridized carbons (Fsp3) is 0.308.